The quantitative estimate of drug-likeness (QED) is 0.738. The Morgan fingerprint density at radius 2 is 1.75 bits per heavy atom. The molecule has 0 fully saturated rings. The maximum absolute atomic E-state index is 5.77. The summed E-state index contributed by atoms with van der Waals surface area (Å²) in [4.78, 5) is 0. The van der Waals surface area contributed by atoms with E-state index in [-0.39, 0.29) is 6.10 Å². The third-order valence-corrected chi connectivity index (χ3v) is 2.46. The summed E-state index contributed by atoms with van der Waals surface area (Å²) in [5.74, 6) is 0.906. The van der Waals surface area contributed by atoms with Crippen LogP contribution < -0.4 is 4.74 Å². The molecule has 0 heterocycles. The minimum atomic E-state index is 0.180. The molecule has 2 rings (SSSR count). The summed E-state index contributed by atoms with van der Waals surface area (Å²) in [5, 5.41) is 2.41. The molecule has 0 spiro atoms. The van der Waals surface area contributed by atoms with Gasteiger partial charge < -0.3 is 4.74 Å². The highest BCUT2D eigenvalue weighted by Gasteiger charge is 2.05. The molecule has 0 aliphatic carbocycles. The van der Waals surface area contributed by atoms with Crippen LogP contribution >= 0.6 is 0 Å². The molecule has 0 N–H and O–H groups in total. The van der Waals surface area contributed by atoms with Crippen molar-refractivity contribution >= 4 is 16.8 Å². The van der Waals surface area contributed by atoms with Gasteiger partial charge in [0.15, 0.2) is 0 Å². The van der Waals surface area contributed by atoms with Gasteiger partial charge in [-0.15, -0.1) is 0 Å². The third kappa shape index (κ3) is 2.08. The molecule has 2 aromatic carbocycles. The zero-order valence-corrected chi connectivity index (χ0v) is 9.73. The summed E-state index contributed by atoms with van der Waals surface area (Å²) in [7, 11) is 0. The molecule has 0 bridgehead atoms. The Bertz CT molecular complexity index is 512. The average Bonchev–Trinajstić information content (AvgIpc) is 2.27. The summed E-state index contributed by atoms with van der Waals surface area (Å²) < 4.78 is 5.77. The largest absolute Gasteiger partial charge is 0.490 e. The van der Waals surface area contributed by atoms with Gasteiger partial charge in [-0.05, 0) is 36.8 Å². The Morgan fingerprint density at radius 1 is 1.12 bits per heavy atom. The van der Waals surface area contributed by atoms with Gasteiger partial charge in [0, 0.05) is 5.56 Å². The number of rotatable bonds is 3. The fourth-order valence-electron chi connectivity index (χ4n) is 1.75. The molecule has 0 aliphatic rings. The summed E-state index contributed by atoms with van der Waals surface area (Å²) in [6.45, 7) is 7.89. The molecule has 0 saturated carbocycles. The van der Waals surface area contributed by atoms with Gasteiger partial charge in [-0.1, -0.05) is 36.9 Å². The third-order valence-electron chi connectivity index (χ3n) is 2.46. The van der Waals surface area contributed by atoms with Crippen molar-refractivity contribution in [1.82, 2.24) is 0 Å². The van der Waals surface area contributed by atoms with E-state index in [1.165, 1.54) is 10.8 Å². The molecule has 82 valence electrons. The first kappa shape index (κ1) is 10.7. The molecule has 0 saturated heterocycles. The molecular weight excluding hydrogens is 196 g/mol. The molecule has 0 aliphatic heterocycles. The van der Waals surface area contributed by atoms with Crippen LogP contribution in [-0.2, 0) is 0 Å². The standard InChI is InChI=1S/C15H16O/c1-4-12-9-13-7-5-6-8-14(13)10-15(12)16-11(2)3/h4-11H,1H2,2-3H3. The fourth-order valence-corrected chi connectivity index (χ4v) is 1.75. The zero-order valence-electron chi connectivity index (χ0n) is 9.73. The Balaban J connectivity index is 2.58. The van der Waals surface area contributed by atoms with Gasteiger partial charge in [0.2, 0.25) is 0 Å². The zero-order chi connectivity index (χ0) is 11.5. The van der Waals surface area contributed by atoms with Crippen LogP contribution in [0.3, 0.4) is 0 Å². The fraction of sp³-hybridized carbons (Fsp3) is 0.200. The highest BCUT2D eigenvalue weighted by Crippen LogP contribution is 2.27. The lowest BCUT2D eigenvalue weighted by molar-refractivity contribution is 0.242. The van der Waals surface area contributed by atoms with E-state index in [2.05, 4.69) is 30.8 Å². The van der Waals surface area contributed by atoms with Gasteiger partial charge in [-0.25, -0.2) is 0 Å². The highest BCUT2D eigenvalue weighted by atomic mass is 16.5. The van der Waals surface area contributed by atoms with E-state index in [1.54, 1.807) is 0 Å². The second-order valence-corrected chi connectivity index (χ2v) is 4.11. The molecule has 1 heteroatoms. The van der Waals surface area contributed by atoms with Crippen molar-refractivity contribution in [3.05, 3.63) is 48.5 Å². The number of hydrogen-bond acceptors (Lipinski definition) is 1. The lowest BCUT2D eigenvalue weighted by Gasteiger charge is -2.13. The van der Waals surface area contributed by atoms with E-state index in [9.17, 15) is 0 Å². The minimum absolute atomic E-state index is 0.180. The summed E-state index contributed by atoms with van der Waals surface area (Å²) >= 11 is 0. The highest BCUT2D eigenvalue weighted by molar-refractivity contribution is 5.87. The van der Waals surface area contributed by atoms with Crippen LogP contribution in [0.5, 0.6) is 5.75 Å². The van der Waals surface area contributed by atoms with Crippen molar-refractivity contribution in [3.8, 4) is 5.75 Å². The van der Waals surface area contributed by atoms with E-state index in [0.29, 0.717) is 0 Å². The molecule has 0 atom stereocenters. The monoisotopic (exact) mass is 212 g/mol. The minimum Gasteiger partial charge on any atom is -0.490 e. The number of hydrogen-bond donors (Lipinski definition) is 0. The van der Waals surface area contributed by atoms with Gasteiger partial charge in [-0.2, -0.15) is 0 Å². The predicted molar refractivity (Wildman–Crippen MR) is 69.8 cm³/mol. The first-order chi connectivity index (χ1) is 7.70. The molecule has 2 aromatic rings. The van der Waals surface area contributed by atoms with Crippen molar-refractivity contribution in [2.45, 2.75) is 20.0 Å². The first-order valence-electron chi connectivity index (χ1n) is 5.52. The maximum Gasteiger partial charge on any atom is 0.127 e. The molecule has 0 amide bonds. The number of fused-ring (bicyclic) bond motifs is 1. The van der Waals surface area contributed by atoms with Gasteiger partial charge in [0.05, 0.1) is 6.10 Å². The van der Waals surface area contributed by atoms with Crippen LogP contribution in [0.2, 0.25) is 0 Å². The van der Waals surface area contributed by atoms with Gasteiger partial charge in [0.1, 0.15) is 5.75 Å². The van der Waals surface area contributed by atoms with E-state index in [1.807, 2.05) is 32.1 Å². The summed E-state index contributed by atoms with van der Waals surface area (Å²) in [6.07, 6.45) is 2.02. The molecule has 0 radical (unpaired) electrons. The Morgan fingerprint density at radius 3 is 2.31 bits per heavy atom. The number of benzene rings is 2. The van der Waals surface area contributed by atoms with Crippen molar-refractivity contribution in [3.63, 3.8) is 0 Å². The van der Waals surface area contributed by atoms with Crippen LogP contribution in [0.25, 0.3) is 16.8 Å². The van der Waals surface area contributed by atoms with Crippen LogP contribution in [0, 0.1) is 0 Å². The second kappa shape index (κ2) is 4.40. The van der Waals surface area contributed by atoms with Gasteiger partial charge >= 0.3 is 0 Å². The molecular formula is C15H16O. The number of ether oxygens (including phenoxy) is 1. The molecule has 0 unspecified atom stereocenters. The summed E-state index contributed by atoms with van der Waals surface area (Å²) in [6, 6.07) is 12.5. The predicted octanol–water partition coefficient (Wildman–Crippen LogP) is 4.27. The smallest absolute Gasteiger partial charge is 0.127 e. The van der Waals surface area contributed by atoms with E-state index < -0.39 is 0 Å². The van der Waals surface area contributed by atoms with Crippen LogP contribution in [0.15, 0.2) is 43.0 Å². The Kier molecular flexibility index (Phi) is 2.95. The average molecular weight is 212 g/mol. The Labute approximate surface area is 96.4 Å². The van der Waals surface area contributed by atoms with Crippen molar-refractivity contribution in [2.24, 2.45) is 0 Å². The SMILES string of the molecule is C=Cc1cc2ccccc2cc1OC(C)C. The van der Waals surface area contributed by atoms with Crippen molar-refractivity contribution in [1.29, 1.82) is 0 Å². The maximum atomic E-state index is 5.77. The van der Waals surface area contributed by atoms with E-state index in [0.717, 1.165) is 11.3 Å². The Hall–Kier alpha value is -1.76. The molecule has 1 nitrogen and oxygen atoms in total. The topological polar surface area (TPSA) is 9.23 Å². The lowest BCUT2D eigenvalue weighted by Crippen LogP contribution is -2.06. The van der Waals surface area contributed by atoms with Crippen LogP contribution in [0.1, 0.15) is 19.4 Å². The summed E-state index contributed by atoms with van der Waals surface area (Å²) in [5.41, 5.74) is 1.05. The van der Waals surface area contributed by atoms with Crippen LogP contribution in [-0.4, -0.2) is 6.10 Å². The van der Waals surface area contributed by atoms with E-state index >= 15 is 0 Å². The lowest BCUT2D eigenvalue weighted by atomic mass is 10.1. The molecule has 0 aromatic heterocycles. The second-order valence-electron chi connectivity index (χ2n) is 4.11. The first-order valence-corrected chi connectivity index (χ1v) is 5.52. The van der Waals surface area contributed by atoms with E-state index in [4.69, 9.17) is 4.74 Å². The van der Waals surface area contributed by atoms with Gasteiger partial charge in [0.25, 0.3) is 0 Å². The van der Waals surface area contributed by atoms with Crippen molar-refractivity contribution < 1.29 is 4.74 Å². The van der Waals surface area contributed by atoms with Crippen LogP contribution in [0.4, 0.5) is 0 Å². The van der Waals surface area contributed by atoms with Gasteiger partial charge in [-0.3, -0.25) is 0 Å². The van der Waals surface area contributed by atoms with Crippen molar-refractivity contribution in [2.75, 3.05) is 0 Å². The molecule has 16 heavy (non-hydrogen) atoms. The normalized spacial score (nSPS) is 10.7.